The molecule has 0 aliphatic heterocycles. The maximum Gasteiger partial charge on any atom is 0.250 e. The van der Waals surface area contributed by atoms with Crippen LogP contribution in [0.2, 0.25) is 10.0 Å². The lowest BCUT2D eigenvalue weighted by atomic mass is 10.1. The van der Waals surface area contributed by atoms with Gasteiger partial charge in [0, 0.05) is 34.9 Å². The fraction of sp³-hybridized carbons (Fsp3) is 0.0667. The molecule has 1 aromatic heterocycles. The van der Waals surface area contributed by atoms with Gasteiger partial charge in [0.1, 0.15) is 0 Å². The summed E-state index contributed by atoms with van der Waals surface area (Å²) in [6, 6.07) is 7.87. The Labute approximate surface area is 126 Å². The average Bonchev–Trinajstić information content (AvgIpc) is 2.42. The van der Waals surface area contributed by atoms with Gasteiger partial charge in [-0.25, -0.2) is 0 Å². The Morgan fingerprint density at radius 1 is 1.20 bits per heavy atom. The van der Waals surface area contributed by atoms with Crippen LogP contribution in [0.3, 0.4) is 0 Å². The monoisotopic (exact) mass is 307 g/mol. The first-order valence-corrected chi connectivity index (χ1v) is 6.57. The number of hydrogen-bond acceptors (Lipinski definition) is 2. The predicted octanol–water partition coefficient (Wildman–Crippen LogP) is 3.59. The van der Waals surface area contributed by atoms with E-state index in [1.54, 1.807) is 31.3 Å². The molecule has 0 N–H and O–H groups in total. The van der Waals surface area contributed by atoms with Crippen LogP contribution in [0.1, 0.15) is 15.9 Å². The molecule has 5 heteroatoms. The Morgan fingerprint density at radius 2 is 1.95 bits per heavy atom. The van der Waals surface area contributed by atoms with Gasteiger partial charge in [-0.3, -0.25) is 9.59 Å². The zero-order chi connectivity index (χ0) is 14.7. The Bertz CT molecular complexity index is 748. The number of ketones is 1. The molecule has 1 heterocycles. The zero-order valence-corrected chi connectivity index (χ0v) is 12.2. The molecule has 0 radical (unpaired) electrons. The van der Waals surface area contributed by atoms with Crippen LogP contribution in [0, 0.1) is 0 Å². The molecule has 0 amide bonds. The van der Waals surface area contributed by atoms with E-state index in [4.69, 9.17) is 23.2 Å². The molecule has 2 rings (SSSR count). The Hall–Kier alpha value is -1.84. The van der Waals surface area contributed by atoms with Gasteiger partial charge >= 0.3 is 0 Å². The van der Waals surface area contributed by atoms with Crippen LogP contribution in [0.4, 0.5) is 0 Å². The van der Waals surface area contributed by atoms with Crippen molar-refractivity contribution in [2.45, 2.75) is 0 Å². The van der Waals surface area contributed by atoms with Crippen molar-refractivity contribution in [1.29, 1.82) is 0 Å². The lowest BCUT2D eigenvalue weighted by Crippen LogP contribution is -2.15. The summed E-state index contributed by atoms with van der Waals surface area (Å²) in [4.78, 5) is 23.3. The molecule has 0 saturated carbocycles. The Balaban J connectivity index is 2.26. The molecule has 0 saturated heterocycles. The summed E-state index contributed by atoms with van der Waals surface area (Å²) in [6.45, 7) is 0. The van der Waals surface area contributed by atoms with Crippen LogP contribution in [0.25, 0.3) is 6.08 Å². The smallest absolute Gasteiger partial charge is 0.250 e. The van der Waals surface area contributed by atoms with E-state index in [9.17, 15) is 9.59 Å². The average molecular weight is 308 g/mol. The van der Waals surface area contributed by atoms with Gasteiger partial charge in [-0.05, 0) is 42.0 Å². The van der Waals surface area contributed by atoms with Crippen molar-refractivity contribution in [3.63, 3.8) is 0 Å². The van der Waals surface area contributed by atoms with E-state index in [-0.39, 0.29) is 11.3 Å². The quantitative estimate of drug-likeness (QED) is 0.642. The molecule has 0 bridgehead atoms. The molecule has 1 aromatic carbocycles. The van der Waals surface area contributed by atoms with E-state index in [0.29, 0.717) is 21.2 Å². The normalized spacial score (nSPS) is 10.9. The van der Waals surface area contributed by atoms with E-state index in [1.165, 1.54) is 29.0 Å². The maximum absolute atomic E-state index is 12.0. The summed E-state index contributed by atoms with van der Waals surface area (Å²) in [7, 11) is 1.59. The van der Waals surface area contributed by atoms with Gasteiger partial charge < -0.3 is 4.57 Å². The van der Waals surface area contributed by atoms with Crippen LogP contribution >= 0.6 is 23.2 Å². The number of hydrogen-bond donors (Lipinski definition) is 0. The third-order valence-electron chi connectivity index (χ3n) is 2.74. The van der Waals surface area contributed by atoms with Crippen LogP contribution in [-0.4, -0.2) is 10.4 Å². The third-order valence-corrected chi connectivity index (χ3v) is 3.32. The number of nitrogens with zero attached hydrogens (tertiary/aromatic N) is 1. The Kier molecular flexibility index (Phi) is 4.42. The third kappa shape index (κ3) is 3.38. The molecule has 0 unspecified atom stereocenters. The highest BCUT2D eigenvalue weighted by Crippen LogP contribution is 2.21. The van der Waals surface area contributed by atoms with Crippen LogP contribution in [0.5, 0.6) is 0 Å². The second-order valence-electron chi connectivity index (χ2n) is 4.23. The highest BCUT2D eigenvalue weighted by Gasteiger charge is 2.04. The highest BCUT2D eigenvalue weighted by atomic mass is 35.5. The number of allylic oxidation sites excluding steroid dienone is 1. The minimum atomic E-state index is -0.211. The van der Waals surface area contributed by atoms with Gasteiger partial charge in [-0.1, -0.05) is 23.2 Å². The zero-order valence-electron chi connectivity index (χ0n) is 10.6. The summed E-state index contributed by atoms with van der Waals surface area (Å²) in [5, 5.41) is 1.06. The van der Waals surface area contributed by atoms with E-state index >= 15 is 0 Å². The summed E-state index contributed by atoms with van der Waals surface area (Å²) in [5.74, 6) is -0.211. The summed E-state index contributed by atoms with van der Waals surface area (Å²) in [5.41, 5.74) is 0.933. The standard InChI is InChI=1S/C15H11Cl2NO2/c1-18-9-11(3-7-15(18)20)14(19)6-2-10-8-12(16)4-5-13(10)17/h2-9H,1H3. The van der Waals surface area contributed by atoms with E-state index in [0.717, 1.165) is 0 Å². The molecule has 0 aliphatic rings. The highest BCUT2D eigenvalue weighted by molar-refractivity contribution is 6.34. The molecule has 0 fully saturated rings. The van der Waals surface area contributed by atoms with E-state index in [1.807, 2.05) is 0 Å². The topological polar surface area (TPSA) is 39.1 Å². The first-order chi connectivity index (χ1) is 9.47. The molecule has 3 nitrogen and oxygen atoms in total. The first-order valence-electron chi connectivity index (χ1n) is 5.81. The summed E-state index contributed by atoms with van der Waals surface area (Å²) >= 11 is 11.9. The largest absolute Gasteiger partial charge is 0.318 e. The van der Waals surface area contributed by atoms with Crippen LogP contribution < -0.4 is 5.56 Å². The van der Waals surface area contributed by atoms with Crippen molar-refractivity contribution < 1.29 is 4.79 Å². The van der Waals surface area contributed by atoms with Crippen molar-refractivity contribution in [3.8, 4) is 0 Å². The van der Waals surface area contributed by atoms with Gasteiger partial charge in [0.15, 0.2) is 5.78 Å². The van der Waals surface area contributed by atoms with Crippen molar-refractivity contribution in [1.82, 2.24) is 4.57 Å². The van der Waals surface area contributed by atoms with Gasteiger partial charge in [0.05, 0.1) is 0 Å². The van der Waals surface area contributed by atoms with Crippen molar-refractivity contribution in [2.75, 3.05) is 0 Å². The molecule has 0 atom stereocenters. The second kappa shape index (κ2) is 6.07. The van der Waals surface area contributed by atoms with Gasteiger partial charge in [-0.15, -0.1) is 0 Å². The molecule has 2 aromatic rings. The maximum atomic E-state index is 12.0. The Morgan fingerprint density at radius 3 is 2.65 bits per heavy atom. The van der Waals surface area contributed by atoms with Crippen LogP contribution in [0.15, 0.2) is 47.4 Å². The number of benzene rings is 1. The van der Waals surface area contributed by atoms with Crippen molar-refractivity contribution in [3.05, 3.63) is 74.1 Å². The van der Waals surface area contributed by atoms with E-state index in [2.05, 4.69) is 0 Å². The number of rotatable bonds is 3. The molecular formula is C15H11Cl2NO2. The fourth-order valence-corrected chi connectivity index (χ4v) is 2.00. The van der Waals surface area contributed by atoms with Gasteiger partial charge in [0.2, 0.25) is 5.56 Å². The minimum Gasteiger partial charge on any atom is -0.318 e. The van der Waals surface area contributed by atoms with E-state index < -0.39 is 0 Å². The lowest BCUT2D eigenvalue weighted by Gasteiger charge is -2.01. The van der Waals surface area contributed by atoms with Gasteiger partial charge in [0.25, 0.3) is 0 Å². The van der Waals surface area contributed by atoms with Crippen molar-refractivity contribution in [2.24, 2.45) is 7.05 Å². The number of aromatic nitrogens is 1. The molecular weight excluding hydrogens is 297 g/mol. The number of halogens is 2. The number of pyridine rings is 1. The molecule has 20 heavy (non-hydrogen) atoms. The summed E-state index contributed by atoms with van der Waals surface area (Å²) in [6.07, 6.45) is 4.49. The van der Waals surface area contributed by atoms with Crippen molar-refractivity contribution >= 4 is 35.1 Å². The predicted molar refractivity (Wildman–Crippen MR) is 81.5 cm³/mol. The lowest BCUT2D eigenvalue weighted by molar-refractivity contribution is 0.104. The number of aryl methyl sites for hydroxylation is 1. The number of carbonyl (C=O) groups is 1. The molecule has 102 valence electrons. The number of carbonyl (C=O) groups excluding carboxylic acids is 1. The van der Waals surface area contributed by atoms with Crippen LogP contribution in [-0.2, 0) is 7.05 Å². The summed E-state index contributed by atoms with van der Waals surface area (Å²) < 4.78 is 1.35. The van der Waals surface area contributed by atoms with Gasteiger partial charge in [-0.2, -0.15) is 0 Å². The minimum absolute atomic E-state index is 0.164. The molecule has 0 aliphatic carbocycles. The first kappa shape index (κ1) is 14.6. The molecule has 0 spiro atoms. The second-order valence-corrected chi connectivity index (χ2v) is 5.07. The fourth-order valence-electron chi connectivity index (χ4n) is 1.64. The SMILES string of the molecule is Cn1cc(C(=O)C=Cc2cc(Cl)ccc2Cl)ccc1=O.